The number of carbonyl (C=O) groups excluding carboxylic acids is 1. The second kappa shape index (κ2) is 7.74. The molecule has 1 fully saturated rings. The summed E-state index contributed by atoms with van der Waals surface area (Å²) in [5.74, 6) is -0.250. The van der Waals surface area contributed by atoms with Crippen LogP contribution in [0.4, 0.5) is 0 Å². The van der Waals surface area contributed by atoms with E-state index < -0.39 is 5.54 Å². The quantitative estimate of drug-likeness (QED) is 0.555. The first-order chi connectivity index (χ1) is 8.58. The van der Waals surface area contributed by atoms with E-state index in [0.717, 1.165) is 45.3 Å². The van der Waals surface area contributed by atoms with Crippen molar-refractivity contribution in [3.8, 4) is 0 Å². The highest BCUT2D eigenvalue weighted by atomic mass is 16.5. The fraction of sp³-hybridized carbons (Fsp3) is 0.929. The standard InChI is InChI=1S/C14H28N2O2/c1-3-4-5-10-18-11-6-9-14(2,13(15)17)16-12-7-8-12/h12,16H,3-11H2,1-2H3,(H2,15,17). The summed E-state index contributed by atoms with van der Waals surface area (Å²) in [4.78, 5) is 11.5. The van der Waals surface area contributed by atoms with E-state index in [9.17, 15) is 4.79 Å². The molecule has 0 bridgehead atoms. The van der Waals surface area contributed by atoms with Gasteiger partial charge in [-0.1, -0.05) is 19.8 Å². The predicted molar refractivity (Wildman–Crippen MR) is 73.3 cm³/mol. The Kier molecular flexibility index (Phi) is 6.65. The molecule has 0 aromatic heterocycles. The molecule has 1 unspecified atom stereocenters. The van der Waals surface area contributed by atoms with E-state index >= 15 is 0 Å². The number of nitrogens with one attached hydrogen (secondary N) is 1. The van der Waals surface area contributed by atoms with E-state index in [-0.39, 0.29) is 5.91 Å². The van der Waals surface area contributed by atoms with E-state index in [2.05, 4.69) is 12.2 Å². The van der Waals surface area contributed by atoms with E-state index in [1.165, 1.54) is 12.8 Å². The average molecular weight is 256 g/mol. The molecule has 1 aliphatic rings. The molecule has 1 atom stereocenters. The van der Waals surface area contributed by atoms with Crippen molar-refractivity contribution in [3.63, 3.8) is 0 Å². The van der Waals surface area contributed by atoms with E-state index in [0.29, 0.717) is 6.04 Å². The minimum Gasteiger partial charge on any atom is -0.381 e. The predicted octanol–water partition coefficient (Wildman–Crippen LogP) is 1.97. The van der Waals surface area contributed by atoms with Gasteiger partial charge in [0.1, 0.15) is 0 Å². The number of amides is 1. The van der Waals surface area contributed by atoms with Gasteiger partial charge in [0.05, 0.1) is 5.54 Å². The summed E-state index contributed by atoms with van der Waals surface area (Å²) in [7, 11) is 0. The number of ether oxygens (including phenoxy) is 1. The van der Waals surface area contributed by atoms with E-state index in [1.54, 1.807) is 0 Å². The van der Waals surface area contributed by atoms with Gasteiger partial charge in [-0.15, -0.1) is 0 Å². The zero-order valence-corrected chi connectivity index (χ0v) is 11.8. The Morgan fingerprint density at radius 1 is 1.33 bits per heavy atom. The first kappa shape index (κ1) is 15.4. The summed E-state index contributed by atoms with van der Waals surface area (Å²) >= 11 is 0. The number of rotatable bonds is 11. The lowest BCUT2D eigenvalue weighted by Gasteiger charge is -2.27. The highest BCUT2D eigenvalue weighted by Crippen LogP contribution is 2.24. The van der Waals surface area contributed by atoms with Crippen molar-refractivity contribution >= 4 is 5.91 Å². The minimum atomic E-state index is -0.562. The smallest absolute Gasteiger partial charge is 0.237 e. The molecule has 0 saturated heterocycles. The summed E-state index contributed by atoms with van der Waals surface area (Å²) in [6.45, 7) is 5.64. The zero-order chi connectivity index (χ0) is 13.4. The molecule has 0 aromatic carbocycles. The first-order valence-electron chi connectivity index (χ1n) is 7.24. The Balaban J connectivity index is 2.11. The van der Waals surface area contributed by atoms with Gasteiger partial charge < -0.3 is 15.8 Å². The second-order valence-electron chi connectivity index (χ2n) is 5.54. The van der Waals surface area contributed by atoms with Crippen molar-refractivity contribution in [1.82, 2.24) is 5.32 Å². The van der Waals surface area contributed by atoms with Gasteiger partial charge in [0, 0.05) is 19.3 Å². The van der Waals surface area contributed by atoms with E-state index in [1.807, 2.05) is 6.92 Å². The molecule has 1 rings (SSSR count). The van der Waals surface area contributed by atoms with Crippen LogP contribution in [0.25, 0.3) is 0 Å². The summed E-state index contributed by atoms with van der Waals surface area (Å²) in [6.07, 6.45) is 7.53. The lowest BCUT2D eigenvalue weighted by Crippen LogP contribution is -2.54. The van der Waals surface area contributed by atoms with Gasteiger partial charge in [0.15, 0.2) is 0 Å². The molecule has 1 saturated carbocycles. The molecule has 106 valence electrons. The molecule has 1 aliphatic carbocycles. The van der Waals surface area contributed by atoms with Gasteiger partial charge in [0.2, 0.25) is 5.91 Å². The summed E-state index contributed by atoms with van der Waals surface area (Å²) < 4.78 is 5.55. The maximum atomic E-state index is 11.5. The molecular formula is C14H28N2O2. The number of unbranched alkanes of at least 4 members (excludes halogenated alkanes) is 2. The lowest BCUT2D eigenvalue weighted by molar-refractivity contribution is -0.124. The van der Waals surface area contributed by atoms with Crippen molar-refractivity contribution in [2.45, 2.75) is 70.4 Å². The molecule has 4 heteroatoms. The molecule has 3 N–H and O–H groups in total. The number of hydrogen-bond acceptors (Lipinski definition) is 3. The molecule has 18 heavy (non-hydrogen) atoms. The molecule has 1 amide bonds. The van der Waals surface area contributed by atoms with Crippen molar-refractivity contribution in [1.29, 1.82) is 0 Å². The molecule has 0 spiro atoms. The van der Waals surface area contributed by atoms with Crippen LogP contribution in [0.3, 0.4) is 0 Å². The monoisotopic (exact) mass is 256 g/mol. The van der Waals surface area contributed by atoms with Crippen molar-refractivity contribution in [2.75, 3.05) is 13.2 Å². The van der Waals surface area contributed by atoms with Crippen LogP contribution in [0.1, 0.15) is 58.8 Å². The molecular weight excluding hydrogens is 228 g/mol. The first-order valence-corrected chi connectivity index (χ1v) is 7.24. The fourth-order valence-corrected chi connectivity index (χ4v) is 2.03. The summed E-state index contributed by atoms with van der Waals surface area (Å²) in [5, 5.41) is 3.35. The highest BCUT2D eigenvalue weighted by molar-refractivity contribution is 5.84. The van der Waals surface area contributed by atoms with Crippen LogP contribution < -0.4 is 11.1 Å². The van der Waals surface area contributed by atoms with Crippen LogP contribution in [-0.4, -0.2) is 30.7 Å². The van der Waals surface area contributed by atoms with Crippen LogP contribution in [0.5, 0.6) is 0 Å². The lowest BCUT2D eigenvalue weighted by atomic mass is 9.95. The van der Waals surface area contributed by atoms with Crippen LogP contribution in [0.2, 0.25) is 0 Å². The number of hydrogen-bond donors (Lipinski definition) is 2. The van der Waals surface area contributed by atoms with Crippen LogP contribution in [0, 0.1) is 0 Å². The summed E-state index contributed by atoms with van der Waals surface area (Å²) in [6, 6.07) is 0.493. The molecule has 0 aliphatic heterocycles. The van der Waals surface area contributed by atoms with Gasteiger partial charge in [-0.2, -0.15) is 0 Å². The third-order valence-corrected chi connectivity index (χ3v) is 3.50. The van der Waals surface area contributed by atoms with Crippen LogP contribution in [-0.2, 0) is 9.53 Å². The Morgan fingerprint density at radius 3 is 2.56 bits per heavy atom. The van der Waals surface area contributed by atoms with Crippen molar-refractivity contribution in [3.05, 3.63) is 0 Å². The van der Waals surface area contributed by atoms with Crippen LogP contribution in [0.15, 0.2) is 0 Å². The molecule has 0 aromatic rings. The summed E-state index contributed by atoms with van der Waals surface area (Å²) in [5.41, 5.74) is 4.92. The maximum Gasteiger partial charge on any atom is 0.237 e. The normalized spacial score (nSPS) is 18.6. The number of nitrogens with two attached hydrogens (primary N) is 1. The third-order valence-electron chi connectivity index (χ3n) is 3.50. The number of primary amides is 1. The Bertz CT molecular complexity index is 254. The molecule has 0 heterocycles. The Morgan fingerprint density at radius 2 is 2.00 bits per heavy atom. The van der Waals surface area contributed by atoms with Crippen molar-refractivity contribution in [2.24, 2.45) is 5.73 Å². The Labute approximate surface area is 111 Å². The molecule has 4 nitrogen and oxygen atoms in total. The van der Waals surface area contributed by atoms with Crippen LogP contribution >= 0.6 is 0 Å². The Hall–Kier alpha value is -0.610. The van der Waals surface area contributed by atoms with Gasteiger partial charge >= 0.3 is 0 Å². The van der Waals surface area contributed by atoms with Gasteiger partial charge in [-0.05, 0) is 39.0 Å². The average Bonchev–Trinajstić information content (AvgIpc) is 3.11. The fourth-order valence-electron chi connectivity index (χ4n) is 2.03. The second-order valence-corrected chi connectivity index (χ2v) is 5.54. The zero-order valence-electron chi connectivity index (χ0n) is 11.8. The minimum absolute atomic E-state index is 0.250. The highest BCUT2D eigenvalue weighted by Gasteiger charge is 2.36. The largest absolute Gasteiger partial charge is 0.381 e. The van der Waals surface area contributed by atoms with Crippen molar-refractivity contribution < 1.29 is 9.53 Å². The number of carbonyl (C=O) groups is 1. The van der Waals surface area contributed by atoms with E-state index in [4.69, 9.17) is 10.5 Å². The third kappa shape index (κ3) is 5.83. The van der Waals surface area contributed by atoms with Gasteiger partial charge in [0.25, 0.3) is 0 Å². The maximum absolute atomic E-state index is 11.5. The SMILES string of the molecule is CCCCCOCCCC(C)(NC1CC1)C(N)=O. The van der Waals surface area contributed by atoms with Gasteiger partial charge in [-0.3, -0.25) is 4.79 Å². The topological polar surface area (TPSA) is 64.3 Å². The van der Waals surface area contributed by atoms with Gasteiger partial charge in [-0.25, -0.2) is 0 Å². The molecule has 0 radical (unpaired) electrons.